The monoisotopic (exact) mass is 540 g/mol. The molecule has 190 valence electrons. The number of benzene rings is 3. The van der Waals surface area contributed by atoms with Crippen LogP contribution in [0.25, 0.3) is 21.9 Å². The Kier molecular flexibility index (Phi) is 6.63. The SMILES string of the molecule is COc1cc2cc(CN(Cc3ccc(F)cc3)S(=O)(=O)c3cccc4nsnc34)c(=O)[nH]c2cc1OC. The summed E-state index contributed by atoms with van der Waals surface area (Å²) in [5, 5.41) is 0.636. The molecule has 0 spiro atoms. The summed E-state index contributed by atoms with van der Waals surface area (Å²) >= 11 is 0.913. The van der Waals surface area contributed by atoms with Crippen LogP contribution >= 0.6 is 11.7 Å². The summed E-state index contributed by atoms with van der Waals surface area (Å²) in [6.45, 7) is -0.340. The van der Waals surface area contributed by atoms with Gasteiger partial charge < -0.3 is 14.5 Å². The first-order valence-electron chi connectivity index (χ1n) is 11.0. The zero-order chi connectivity index (χ0) is 26.2. The number of nitrogens with zero attached hydrogens (tertiary/aromatic N) is 3. The topological polar surface area (TPSA) is 114 Å². The number of ether oxygens (including phenoxy) is 2. The number of fused-ring (bicyclic) bond motifs is 2. The minimum absolute atomic E-state index is 0.0236. The first-order chi connectivity index (χ1) is 17.8. The van der Waals surface area contributed by atoms with E-state index in [0.29, 0.717) is 33.5 Å². The van der Waals surface area contributed by atoms with E-state index in [1.165, 1.54) is 48.9 Å². The predicted molar refractivity (Wildman–Crippen MR) is 138 cm³/mol. The van der Waals surface area contributed by atoms with Crippen molar-refractivity contribution in [2.24, 2.45) is 0 Å². The van der Waals surface area contributed by atoms with Crippen molar-refractivity contribution in [2.75, 3.05) is 14.2 Å². The van der Waals surface area contributed by atoms with Crippen LogP contribution in [-0.4, -0.2) is 40.7 Å². The highest BCUT2D eigenvalue weighted by Crippen LogP contribution is 2.32. The van der Waals surface area contributed by atoms with E-state index in [1.54, 1.807) is 30.3 Å². The average molecular weight is 541 g/mol. The summed E-state index contributed by atoms with van der Waals surface area (Å²) in [5.41, 5.74) is 1.54. The van der Waals surface area contributed by atoms with Crippen molar-refractivity contribution in [3.05, 3.63) is 88.0 Å². The summed E-state index contributed by atoms with van der Waals surface area (Å²) in [7, 11) is -1.16. The van der Waals surface area contributed by atoms with Crippen LogP contribution in [0.15, 0.2) is 70.4 Å². The number of aromatic amines is 1. The molecule has 0 atom stereocenters. The minimum Gasteiger partial charge on any atom is -0.493 e. The summed E-state index contributed by atoms with van der Waals surface area (Å²) in [4.78, 5) is 15.8. The normalized spacial score (nSPS) is 11.9. The maximum atomic E-state index is 13.9. The largest absolute Gasteiger partial charge is 0.493 e. The number of pyridine rings is 1. The van der Waals surface area contributed by atoms with E-state index in [4.69, 9.17) is 9.47 Å². The van der Waals surface area contributed by atoms with Crippen LogP contribution in [0.1, 0.15) is 11.1 Å². The number of methoxy groups -OCH3 is 2. The van der Waals surface area contributed by atoms with E-state index in [-0.39, 0.29) is 29.1 Å². The first-order valence-corrected chi connectivity index (χ1v) is 13.2. The van der Waals surface area contributed by atoms with Crippen LogP contribution < -0.4 is 15.0 Å². The molecule has 5 rings (SSSR count). The predicted octanol–water partition coefficient (Wildman–Crippen LogP) is 4.08. The molecule has 3 aromatic carbocycles. The second kappa shape index (κ2) is 9.88. The third kappa shape index (κ3) is 4.78. The number of halogens is 1. The maximum absolute atomic E-state index is 13.9. The molecule has 1 N–H and O–H groups in total. The summed E-state index contributed by atoms with van der Waals surface area (Å²) in [6.07, 6.45) is 0. The van der Waals surface area contributed by atoms with Gasteiger partial charge in [0.25, 0.3) is 5.56 Å². The molecule has 2 aromatic heterocycles. The Hall–Kier alpha value is -3.87. The van der Waals surface area contributed by atoms with Crippen LogP contribution in [0.5, 0.6) is 11.5 Å². The Labute approximate surface area is 215 Å². The van der Waals surface area contributed by atoms with Crippen molar-refractivity contribution in [1.82, 2.24) is 18.0 Å². The van der Waals surface area contributed by atoms with Gasteiger partial charge in [0.05, 0.1) is 31.5 Å². The van der Waals surface area contributed by atoms with Crippen molar-refractivity contribution in [1.29, 1.82) is 0 Å². The fourth-order valence-corrected chi connectivity index (χ4v) is 6.19. The number of hydrogen-bond donors (Lipinski definition) is 1. The van der Waals surface area contributed by atoms with Crippen LogP contribution in [0.4, 0.5) is 4.39 Å². The first kappa shape index (κ1) is 24.8. The van der Waals surface area contributed by atoms with Gasteiger partial charge in [-0.25, -0.2) is 12.8 Å². The summed E-state index contributed by atoms with van der Waals surface area (Å²) < 4.78 is 61.5. The quantitative estimate of drug-likeness (QED) is 0.315. The molecule has 0 aliphatic rings. The van der Waals surface area contributed by atoms with E-state index in [9.17, 15) is 17.6 Å². The highest BCUT2D eigenvalue weighted by atomic mass is 32.2. The van der Waals surface area contributed by atoms with Crippen LogP contribution in [0, 0.1) is 5.82 Å². The Bertz CT molecular complexity index is 1770. The van der Waals surface area contributed by atoms with Gasteiger partial charge in [-0.1, -0.05) is 18.2 Å². The molecule has 0 radical (unpaired) electrons. The van der Waals surface area contributed by atoms with Gasteiger partial charge in [0.1, 0.15) is 21.7 Å². The fraction of sp³-hybridized carbons (Fsp3) is 0.160. The molecule has 0 fully saturated rings. The van der Waals surface area contributed by atoms with Crippen LogP contribution in [-0.2, 0) is 23.1 Å². The molecule has 0 saturated heterocycles. The molecule has 0 amide bonds. The lowest BCUT2D eigenvalue weighted by Gasteiger charge is -2.22. The molecule has 2 heterocycles. The lowest BCUT2D eigenvalue weighted by atomic mass is 10.1. The molecule has 0 bridgehead atoms. The molecule has 0 aliphatic heterocycles. The lowest BCUT2D eigenvalue weighted by Crippen LogP contribution is -2.32. The molecule has 9 nitrogen and oxygen atoms in total. The maximum Gasteiger partial charge on any atom is 0.252 e. The molecule has 37 heavy (non-hydrogen) atoms. The third-order valence-corrected chi connectivity index (χ3v) is 8.28. The van der Waals surface area contributed by atoms with Gasteiger partial charge in [0.15, 0.2) is 11.5 Å². The van der Waals surface area contributed by atoms with Gasteiger partial charge in [-0.15, -0.1) is 0 Å². The van der Waals surface area contributed by atoms with Crippen LogP contribution in [0.3, 0.4) is 0 Å². The second-order valence-electron chi connectivity index (χ2n) is 8.21. The van der Waals surface area contributed by atoms with Crippen molar-refractivity contribution < 1.29 is 22.3 Å². The number of nitrogens with one attached hydrogen (secondary N) is 1. The third-order valence-electron chi connectivity index (χ3n) is 5.91. The zero-order valence-electron chi connectivity index (χ0n) is 19.8. The van der Waals surface area contributed by atoms with Crippen molar-refractivity contribution in [3.63, 3.8) is 0 Å². The highest BCUT2D eigenvalue weighted by Gasteiger charge is 2.29. The van der Waals surface area contributed by atoms with Crippen molar-refractivity contribution in [3.8, 4) is 11.5 Å². The molecule has 0 aliphatic carbocycles. The van der Waals surface area contributed by atoms with Gasteiger partial charge >= 0.3 is 0 Å². The van der Waals surface area contributed by atoms with Crippen molar-refractivity contribution >= 4 is 43.7 Å². The highest BCUT2D eigenvalue weighted by molar-refractivity contribution is 7.89. The number of hydrogen-bond acceptors (Lipinski definition) is 8. The lowest BCUT2D eigenvalue weighted by molar-refractivity contribution is 0.355. The van der Waals surface area contributed by atoms with E-state index >= 15 is 0 Å². The minimum atomic E-state index is -4.15. The molecule has 0 unspecified atom stereocenters. The Morgan fingerprint density at radius 2 is 1.70 bits per heavy atom. The standard InChI is InChI=1S/C25H21FN4O5S2/c1-34-21-11-16-10-17(25(31)27-20(16)12-22(21)35-2)14-30(13-15-6-8-18(26)9-7-15)37(32,33)23-5-3-4-19-24(23)29-36-28-19/h3-12H,13-14H2,1-2H3,(H,27,31). The molecular formula is C25H21FN4O5S2. The van der Waals surface area contributed by atoms with Gasteiger partial charge in [0, 0.05) is 30.1 Å². The molecule has 12 heteroatoms. The second-order valence-corrected chi connectivity index (χ2v) is 10.6. The molecule has 0 saturated carbocycles. The van der Waals surface area contributed by atoms with Crippen molar-refractivity contribution in [2.45, 2.75) is 18.0 Å². The van der Waals surface area contributed by atoms with Gasteiger partial charge in [-0.2, -0.15) is 13.1 Å². The Morgan fingerprint density at radius 1 is 0.973 bits per heavy atom. The average Bonchev–Trinajstić information content (AvgIpc) is 3.38. The summed E-state index contributed by atoms with van der Waals surface area (Å²) in [5.74, 6) is 0.474. The number of aromatic nitrogens is 3. The summed E-state index contributed by atoms with van der Waals surface area (Å²) in [6, 6.07) is 15.2. The fourth-order valence-electron chi connectivity index (χ4n) is 4.03. The van der Waals surface area contributed by atoms with Gasteiger partial charge in [-0.05, 0) is 42.0 Å². The van der Waals surface area contributed by atoms with E-state index in [0.717, 1.165) is 11.7 Å². The molecular weight excluding hydrogens is 519 g/mol. The van der Waals surface area contributed by atoms with E-state index < -0.39 is 21.4 Å². The van der Waals surface area contributed by atoms with Gasteiger partial charge in [0.2, 0.25) is 10.0 Å². The Morgan fingerprint density at radius 3 is 2.43 bits per heavy atom. The smallest absolute Gasteiger partial charge is 0.252 e. The number of H-pyrrole nitrogens is 1. The van der Waals surface area contributed by atoms with Crippen LogP contribution in [0.2, 0.25) is 0 Å². The van der Waals surface area contributed by atoms with Gasteiger partial charge in [-0.3, -0.25) is 4.79 Å². The number of rotatable bonds is 8. The van der Waals surface area contributed by atoms with E-state index in [1.807, 2.05) is 0 Å². The number of sulfonamides is 1. The Balaban J connectivity index is 1.61. The zero-order valence-corrected chi connectivity index (χ0v) is 21.4. The molecule has 5 aromatic rings. The van der Waals surface area contributed by atoms with E-state index in [2.05, 4.69) is 13.7 Å².